The second-order valence-corrected chi connectivity index (χ2v) is 7.01. The van der Waals surface area contributed by atoms with Crippen LogP contribution in [-0.4, -0.2) is 42.9 Å². The molecule has 0 atom stereocenters. The molecule has 0 saturated heterocycles. The molecule has 1 N–H and O–H groups in total. The minimum atomic E-state index is -0.317. The highest BCUT2D eigenvalue weighted by Crippen LogP contribution is 2.25. The number of aromatic nitrogens is 1. The number of aryl methyl sites for hydroxylation is 1. The third-order valence-corrected chi connectivity index (χ3v) is 4.89. The van der Waals surface area contributed by atoms with Crippen molar-refractivity contribution in [3.63, 3.8) is 0 Å². The van der Waals surface area contributed by atoms with Gasteiger partial charge in [-0.2, -0.15) is 0 Å². The second-order valence-electron chi connectivity index (χ2n) is 7.01. The van der Waals surface area contributed by atoms with Crippen LogP contribution < -0.4 is 10.1 Å². The van der Waals surface area contributed by atoms with E-state index in [1.54, 1.807) is 24.1 Å². The van der Waals surface area contributed by atoms with E-state index in [4.69, 9.17) is 14.5 Å². The number of methoxy groups -OCH3 is 1. The van der Waals surface area contributed by atoms with Gasteiger partial charge >= 0.3 is 6.09 Å². The first kappa shape index (κ1) is 20.9. The van der Waals surface area contributed by atoms with Crippen LogP contribution in [0.2, 0.25) is 0 Å². The fourth-order valence-electron chi connectivity index (χ4n) is 3.25. The number of hydrogen-bond acceptors (Lipinski definition) is 5. The number of hydrogen-bond donors (Lipinski definition) is 1. The van der Waals surface area contributed by atoms with Crippen molar-refractivity contribution < 1.29 is 14.3 Å². The highest BCUT2D eigenvalue weighted by molar-refractivity contribution is 5.74. The summed E-state index contributed by atoms with van der Waals surface area (Å²) in [6.45, 7) is 3.78. The van der Waals surface area contributed by atoms with Crippen LogP contribution in [0.15, 0.2) is 48.5 Å². The number of para-hydroxylation sites is 1. The van der Waals surface area contributed by atoms with Gasteiger partial charge in [0.1, 0.15) is 12.5 Å². The number of carbonyl (C=O) groups is 1. The Hall–Kier alpha value is -2.86. The molecule has 6 heteroatoms. The summed E-state index contributed by atoms with van der Waals surface area (Å²) in [6, 6.07) is 13.3. The third kappa shape index (κ3) is 5.81. The van der Waals surface area contributed by atoms with Crippen molar-refractivity contribution in [2.75, 3.05) is 32.2 Å². The summed E-state index contributed by atoms with van der Waals surface area (Å²) in [5.41, 5.74) is 4.24. The molecule has 1 aromatic carbocycles. The monoisotopic (exact) mass is 395 g/mol. The van der Waals surface area contributed by atoms with Crippen molar-refractivity contribution in [3.05, 3.63) is 59.9 Å². The Balaban J connectivity index is 1.67. The van der Waals surface area contributed by atoms with Gasteiger partial charge in [-0.1, -0.05) is 37.6 Å². The Morgan fingerprint density at radius 2 is 2.03 bits per heavy atom. The lowest BCUT2D eigenvalue weighted by atomic mass is 10.0. The Labute approximate surface area is 172 Å². The van der Waals surface area contributed by atoms with Crippen molar-refractivity contribution in [2.24, 2.45) is 0 Å². The Morgan fingerprint density at radius 3 is 2.72 bits per heavy atom. The SMILES string of the molecule is CCCCc1nc(C2=CCN(C(=O)Oc3ccccc3)CC2)ccc1NCOC. The summed E-state index contributed by atoms with van der Waals surface area (Å²) in [5.74, 6) is 0.564. The number of carbonyl (C=O) groups excluding carboxylic acids is 1. The number of ether oxygens (including phenoxy) is 2. The van der Waals surface area contributed by atoms with Gasteiger partial charge in [-0.05, 0) is 49.1 Å². The molecule has 1 amide bonds. The molecule has 2 heterocycles. The van der Waals surface area contributed by atoms with E-state index >= 15 is 0 Å². The van der Waals surface area contributed by atoms with E-state index in [0.29, 0.717) is 25.6 Å². The number of nitrogens with one attached hydrogen (secondary N) is 1. The summed E-state index contributed by atoms with van der Waals surface area (Å²) < 4.78 is 10.6. The highest BCUT2D eigenvalue weighted by Gasteiger charge is 2.20. The zero-order valence-corrected chi connectivity index (χ0v) is 17.2. The number of rotatable bonds is 8. The molecule has 1 aliphatic heterocycles. The molecule has 0 bridgehead atoms. The van der Waals surface area contributed by atoms with Gasteiger partial charge in [0.15, 0.2) is 0 Å². The number of nitrogens with zero attached hydrogens (tertiary/aromatic N) is 2. The predicted molar refractivity (Wildman–Crippen MR) is 115 cm³/mol. The number of unbranched alkanes of at least 4 members (excludes halogenated alkanes) is 1. The maximum Gasteiger partial charge on any atom is 0.415 e. The fourth-order valence-corrected chi connectivity index (χ4v) is 3.25. The molecule has 0 spiro atoms. The van der Waals surface area contributed by atoms with Crippen molar-refractivity contribution in [1.29, 1.82) is 0 Å². The van der Waals surface area contributed by atoms with Crippen molar-refractivity contribution >= 4 is 17.4 Å². The van der Waals surface area contributed by atoms with Crippen LogP contribution in [0.1, 0.15) is 37.6 Å². The first-order chi connectivity index (χ1) is 14.2. The Kier molecular flexibility index (Phi) is 7.64. The predicted octanol–water partition coefficient (Wildman–Crippen LogP) is 4.73. The molecule has 0 saturated carbocycles. The second kappa shape index (κ2) is 10.6. The number of anilines is 1. The summed E-state index contributed by atoms with van der Waals surface area (Å²) in [5, 5.41) is 3.27. The molecule has 0 radical (unpaired) electrons. The first-order valence-corrected chi connectivity index (χ1v) is 10.1. The largest absolute Gasteiger partial charge is 0.415 e. The van der Waals surface area contributed by atoms with Crippen LogP contribution in [0.3, 0.4) is 0 Å². The minimum Gasteiger partial charge on any atom is -0.410 e. The topological polar surface area (TPSA) is 63.7 Å². The molecule has 29 heavy (non-hydrogen) atoms. The van der Waals surface area contributed by atoms with E-state index in [1.165, 1.54) is 5.57 Å². The summed E-state index contributed by atoms with van der Waals surface area (Å²) in [4.78, 5) is 19.0. The van der Waals surface area contributed by atoms with Crippen LogP contribution in [0, 0.1) is 0 Å². The maximum atomic E-state index is 12.4. The van der Waals surface area contributed by atoms with Crippen molar-refractivity contribution in [1.82, 2.24) is 9.88 Å². The van der Waals surface area contributed by atoms with Gasteiger partial charge in [0.2, 0.25) is 0 Å². The molecule has 0 aliphatic carbocycles. The Morgan fingerprint density at radius 1 is 1.21 bits per heavy atom. The number of benzene rings is 1. The van der Waals surface area contributed by atoms with Gasteiger partial charge in [0.05, 0.1) is 17.1 Å². The minimum absolute atomic E-state index is 0.317. The van der Waals surface area contributed by atoms with Gasteiger partial charge in [0.25, 0.3) is 0 Å². The molecular weight excluding hydrogens is 366 g/mol. The third-order valence-electron chi connectivity index (χ3n) is 4.89. The van der Waals surface area contributed by atoms with Crippen LogP contribution in [0.4, 0.5) is 10.5 Å². The molecule has 2 aromatic rings. The molecule has 6 nitrogen and oxygen atoms in total. The van der Waals surface area contributed by atoms with E-state index in [0.717, 1.165) is 42.8 Å². The van der Waals surface area contributed by atoms with Gasteiger partial charge in [-0.3, -0.25) is 4.98 Å². The van der Waals surface area contributed by atoms with Crippen LogP contribution in [-0.2, 0) is 11.2 Å². The number of pyridine rings is 1. The van der Waals surface area contributed by atoms with Crippen LogP contribution in [0.5, 0.6) is 5.75 Å². The zero-order chi connectivity index (χ0) is 20.5. The fraction of sp³-hybridized carbons (Fsp3) is 0.391. The lowest BCUT2D eigenvalue weighted by molar-refractivity contribution is 0.157. The molecular formula is C23H29N3O3. The first-order valence-electron chi connectivity index (χ1n) is 10.1. The average Bonchev–Trinajstić information content (AvgIpc) is 2.77. The summed E-state index contributed by atoms with van der Waals surface area (Å²) >= 11 is 0. The standard InChI is InChI=1S/C23H29N3O3/c1-3-4-10-22-21(24-17-28-2)12-11-20(25-22)18-13-15-26(16-14-18)23(27)29-19-8-6-5-7-9-19/h5-9,11-13,24H,3-4,10,14-17H2,1-2H3. The van der Waals surface area contributed by atoms with E-state index in [2.05, 4.69) is 24.4 Å². The quantitative estimate of drug-likeness (QED) is 0.655. The van der Waals surface area contributed by atoms with Crippen molar-refractivity contribution in [3.8, 4) is 5.75 Å². The molecule has 3 rings (SSSR count). The molecule has 1 aliphatic rings. The highest BCUT2D eigenvalue weighted by atomic mass is 16.6. The number of amides is 1. The normalized spacial score (nSPS) is 13.7. The molecule has 154 valence electrons. The van der Waals surface area contributed by atoms with E-state index in [-0.39, 0.29) is 6.09 Å². The summed E-state index contributed by atoms with van der Waals surface area (Å²) in [7, 11) is 1.67. The smallest absolute Gasteiger partial charge is 0.410 e. The van der Waals surface area contributed by atoms with Gasteiger partial charge in [-0.25, -0.2) is 4.79 Å². The van der Waals surface area contributed by atoms with Crippen LogP contribution >= 0.6 is 0 Å². The molecule has 1 aromatic heterocycles. The zero-order valence-electron chi connectivity index (χ0n) is 17.2. The van der Waals surface area contributed by atoms with E-state index in [9.17, 15) is 4.79 Å². The molecule has 0 unspecified atom stereocenters. The van der Waals surface area contributed by atoms with Crippen molar-refractivity contribution in [2.45, 2.75) is 32.6 Å². The van der Waals surface area contributed by atoms with E-state index in [1.807, 2.05) is 24.3 Å². The van der Waals surface area contributed by atoms with E-state index < -0.39 is 0 Å². The van der Waals surface area contributed by atoms with Gasteiger partial charge in [-0.15, -0.1) is 0 Å². The lowest BCUT2D eigenvalue weighted by Crippen LogP contribution is -2.36. The average molecular weight is 396 g/mol. The summed E-state index contributed by atoms with van der Waals surface area (Å²) in [6.07, 6.45) is 5.66. The lowest BCUT2D eigenvalue weighted by Gasteiger charge is -2.26. The van der Waals surface area contributed by atoms with Gasteiger partial charge < -0.3 is 19.7 Å². The Bertz CT molecular complexity index is 837. The van der Waals surface area contributed by atoms with Gasteiger partial charge in [0, 0.05) is 20.2 Å². The van der Waals surface area contributed by atoms with Crippen LogP contribution in [0.25, 0.3) is 5.57 Å². The molecule has 0 fully saturated rings. The maximum absolute atomic E-state index is 12.4.